The van der Waals surface area contributed by atoms with Crippen molar-refractivity contribution in [1.82, 2.24) is 9.88 Å². The number of hydrogen-bond donors (Lipinski definition) is 1. The van der Waals surface area contributed by atoms with Crippen LogP contribution in [0.3, 0.4) is 0 Å². The number of carbonyl (C=O) groups is 1. The van der Waals surface area contributed by atoms with Gasteiger partial charge < -0.3 is 19.9 Å². The van der Waals surface area contributed by atoms with Gasteiger partial charge in [0.1, 0.15) is 17.1 Å². The molecule has 0 radical (unpaired) electrons. The quantitative estimate of drug-likeness (QED) is 0.222. The number of rotatable bonds is 9. The first-order valence-corrected chi connectivity index (χ1v) is 13.4. The van der Waals surface area contributed by atoms with Gasteiger partial charge in [-0.2, -0.15) is 13.2 Å². The molecule has 1 amide bonds. The van der Waals surface area contributed by atoms with Crippen molar-refractivity contribution in [3.8, 4) is 5.75 Å². The molecular weight excluding hydrogens is 553 g/mol. The molecule has 0 spiro atoms. The molecule has 1 saturated heterocycles. The number of nitrogens with zero attached hydrogens (tertiary/aromatic N) is 4. The molecule has 1 aliphatic heterocycles. The van der Waals surface area contributed by atoms with Crippen molar-refractivity contribution < 1.29 is 36.4 Å². The van der Waals surface area contributed by atoms with Gasteiger partial charge in [0.15, 0.2) is 0 Å². The zero-order valence-electron chi connectivity index (χ0n) is 22.5. The molecular formula is C27H32F5N5O4. The molecule has 1 aromatic heterocycles. The molecule has 224 valence electrons. The Morgan fingerprint density at radius 2 is 1.76 bits per heavy atom. The second kappa shape index (κ2) is 12.4. The van der Waals surface area contributed by atoms with E-state index in [1.807, 2.05) is 11.0 Å². The summed E-state index contributed by atoms with van der Waals surface area (Å²) < 4.78 is 72.2. The molecule has 1 N–H and O–H groups in total. The standard InChI is InChI=1S/C27H32F5N5O4/c1-26(28,29)10-8-25(38)36-14-12-35(13-15-36)24-17-21(9-11-33-24)41-20-5-2-18(3-6-20)34-19-4-7-23(37(39)40)22(16-19)27(30,31)32/h4,7,9,11,16-18,20,34H,2-3,5-6,8,10,12-15H2,1H3. The van der Waals surface area contributed by atoms with Crippen LogP contribution in [-0.4, -0.2) is 65.0 Å². The summed E-state index contributed by atoms with van der Waals surface area (Å²) in [6, 6.07) is 6.38. The molecule has 2 aromatic rings. The number of piperazine rings is 1. The Kier molecular flexibility index (Phi) is 9.17. The lowest BCUT2D eigenvalue weighted by molar-refractivity contribution is -0.388. The van der Waals surface area contributed by atoms with E-state index < -0.39 is 34.7 Å². The van der Waals surface area contributed by atoms with E-state index in [0.29, 0.717) is 63.4 Å². The zero-order valence-corrected chi connectivity index (χ0v) is 22.5. The molecule has 2 fully saturated rings. The maximum Gasteiger partial charge on any atom is 0.423 e. The summed E-state index contributed by atoms with van der Waals surface area (Å²) in [5, 5.41) is 14.0. The molecule has 1 aliphatic carbocycles. The minimum Gasteiger partial charge on any atom is -0.490 e. The zero-order chi connectivity index (χ0) is 29.8. The maximum atomic E-state index is 13.3. The highest BCUT2D eigenvalue weighted by Gasteiger charge is 2.38. The third-order valence-electron chi connectivity index (χ3n) is 7.30. The number of ether oxygens (including phenoxy) is 1. The Labute approximate surface area is 233 Å². The van der Waals surface area contributed by atoms with Crippen LogP contribution < -0.4 is 15.0 Å². The first kappa shape index (κ1) is 30.3. The first-order chi connectivity index (χ1) is 19.3. The molecule has 41 heavy (non-hydrogen) atoms. The lowest BCUT2D eigenvalue weighted by atomic mass is 9.92. The maximum absolute atomic E-state index is 13.3. The number of aromatic nitrogens is 1. The van der Waals surface area contributed by atoms with Gasteiger partial charge in [-0.25, -0.2) is 13.8 Å². The summed E-state index contributed by atoms with van der Waals surface area (Å²) in [5.74, 6) is -1.84. The van der Waals surface area contributed by atoms with Gasteiger partial charge in [0.05, 0.1) is 11.0 Å². The number of benzene rings is 1. The Morgan fingerprint density at radius 3 is 2.37 bits per heavy atom. The predicted molar refractivity (Wildman–Crippen MR) is 141 cm³/mol. The van der Waals surface area contributed by atoms with Crippen LogP contribution in [0.25, 0.3) is 0 Å². The van der Waals surface area contributed by atoms with E-state index >= 15 is 0 Å². The monoisotopic (exact) mass is 585 g/mol. The number of nitro benzene ring substituents is 1. The largest absolute Gasteiger partial charge is 0.490 e. The number of nitrogens with one attached hydrogen (secondary N) is 1. The predicted octanol–water partition coefficient (Wildman–Crippen LogP) is 5.89. The average molecular weight is 586 g/mol. The second-order valence-electron chi connectivity index (χ2n) is 10.5. The van der Waals surface area contributed by atoms with E-state index in [4.69, 9.17) is 4.74 Å². The summed E-state index contributed by atoms with van der Waals surface area (Å²) in [6.07, 6.45) is -1.37. The van der Waals surface area contributed by atoms with Crippen LogP contribution in [0, 0.1) is 10.1 Å². The lowest BCUT2D eigenvalue weighted by Crippen LogP contribution is -2.49. The summed E-state index contributed by atoms with van der Waals surface area (Å²) in [4.78, 5) is 30.2. The Balaban J connectivity index is 1.26. The van der Waals surface area contributed by atoms with Crippen molar-refractivity contribution in [2.24, 2.45) is 0 Å². The molecule has 4 rings (SSSR count). The normalized spacial score (nSPS) is 20.0. The van der Waals surface area contributed by atoms with Gasteiger partial charge in [-0.15, -0.1) is 0 Å². The molecule has 0 atom stereocenters. The highest BCUT2D eigenvalue weighted by Crippen LogP contribution is 2.38. The van der Waals surface area contributed by atoms with Crippen LogP contribution in [0.2, 0.25) is 0 Å². The number of hydrogen-bond acceptors (Lipinski definition) is 7. The van der Waals surface area contributed by atoms with Crippen molar-refractivity contribution in [3.05, 3.63) is 52.2 Å². The summed E-state index contributed by atoms with van der Waals surface area (Å²) in [6.45, 7) is 2.66. The van der Waals surface area contributed by atoms with Gasteiger partial charge in [-0.3, -0.25) is 14.9 Å². The van der Waals surface area contributed by atoms with E-state index in [0.717, 1.165) is 19.1 Å². The Morgan fingerprint density at radius 1 is 1.07 bits per heavy atom. The van der Waals surface area contributed by atoms with Gasteiger partial charge >= 0.3 is 6.18 Å². The van der Waals surface area contributed by atoms with Crippen molar-refractivity contribution >= 4 is 23.1 Å². The summed E-state index contributed by atoms with van der Waals surface area (Å²) >= 11 is 0. The third-order valence-corrected chi connectivity index (χ3v) is 7.30. The van der Waals surface area contributed by atoms with Crippen LogP contribution in [0.4, 0.5) is 39.1 Å². The van der Waals surface area contributed by atoms with Crippen LogP contribution in [0.15, 0.2) is 36.5 Å². The van der Waals surface area contributed by atoms with Crippen molar-refractivity contribution in [3.63, 3.8) is 0 Å². The minimum atomic E-state index is -4.84. The smallest absolute Gasteiger partial charge is 0.423 e. The van der Waals surface area contributed by atoms with E-state index in [1.165, 1.54) is 6.07 Å². The molecule has 14 heteroatoms. The Bertz CT molecular complexity index is 1220. The minimum absolute atomic E-state index is 0.0999. The molecule has 0 bridgehead atoms. The van der Waals surface area contributed by atoms with Crippen molar-refractivity contribution in [2.45, 2.75) is 69.7 Å². The topological polar surface area (TPSA) is 101 Å². The number of alkyl halides is 5. The SMILES string of the molecule is CC(F)(F)CCC(=O)N1CCN(c2cc(OC3CCC(Nc4ccc([N+](=O)[O-])c(C(F)(F)F)c4)CC3)ccn2)CC1. The van der Waals surface area contributed by atoms with Gasteiger partial charge in [-0.05, 0) is 50.8 Å². The number of anilines is 2. The second-order valence-corrected chi connectivity index (χ2v) is 10.5. The Hall–Kier alpha value is -3.71. The first-order valence-electron chi connectivity index (χ1n) is 13.4. The fourth-order valence-electron chi connectivity index (χ4n) is 5.08. The number of amides is 1. The van der Waals surface area contributed by atoms with Crippen LogP contribution in [0.1, 0.15) is 51.0 Å². The molecule has 1 saturated carbocycles. The lowest BCUT2D eigenvalue weighted by Gasteiger charge is -2.36. The molecule has 2 heterocycles. The van der Waals surface area contributed by atoms with Crippen LogP contribution in [-0.2, 0) is 11.0 Å². The number of pyridine rings is 1. The van der Waals surface area contributed by atoms with Crippen molar-refractivity contribution in [2.75, 3.05) is 36.4 Å². The van der Waals surface area contributed by atoms with Crippen molar-refractivity contribution in [1.29, 1.82) is 0 Å². The number of carbonyl (C=O) groups excluding carboxylic acids is 1. The molecule has 9 nitrogen and oxygen atoms in total. The number of halogens is 5. The van der Waals surface area contributed by atoms with Gasteiger partial charge in [0.25, 0.3) is 5.69 Å². The van der Waals surface area contributed by atoms with E-state index in [2.05, 4.69) is 10.3 Å². The van der Waals surface area contributed by atoms with Crippen LogP contribution in [0.5, 0.6) is 5.75 Å². The highest BCUT2D eigenvalue weighted by molar-refractivity contribution is 5.76. The van der Waals surface area contributed by atoms with E-state index in [1.54, 1.807) is 17.2 Å². The summed E-state index contributed by atoms with van der Waals surface area (Å²) in [7, 11) is 0. The fourth-order valence-corrected chi connectivity index (χ4v) is 5.08. The average Bonchev–Trinajstić information content (AvgIpc) is 2.92. The third kappa shape index (κ3) is 8.40. The summed E-state index contributed by atoms with van der Waals surface area (Å²) in [5.41, 5.74) is -2.09. The van der Waals surface area contributed by atoms with E-state index in [-0.39, 0.29) is 30.2 Å². The molecule has 2 aliphatic rings. The van der Waals surface area contributed by atoms with Gasteiger partial charge in [0, 0.05) is 69.1 Å². The van der Waals surface area contributed by atoms with Gasteiger partial charge in [-0.1, -0.05) is 0 Å². The van der Waals surface area contributed by atoms with Crippen LogP contribution >= 0.6 is 0 Å². The number of nitro groups is 1. The fraction of sp³-hybridized carbons (Fsp3) is 0.556. The van der Waals surface area contributed by atoms with E-state index in [9.17, 15) is 36.9 Å². The molecule has 0 unspecified atom stereocenters. The molecule has 1 aromatic carbocycles. The highest BCUT2D eigenvalue weighted by atomic mass is 19.4. The van der Waals surface area contributed by atoms with Gasteiger partial charge in [0.2, 0.25) is 11.8 Å².